The molecule has 2 unspecified atom stereocenters. The standard InChI is InChI=1S/C10H19NO3S/c1-10(12)4-2-5-11(8-10)9-3-6-15(13,14)7-9/h9,12H,2-8H2,1H3. The lowest BCUT2D eigenvalue weighted by Gasteiger charge is -2.39. The van der Waals surface area contributed by atoms with E-state index >= 15 is 0 Å². The van der Waals surface area contributed by atoms with Gasteiger partial charge in [0, 0.05) is 12.6 Å². The molecule has 0 aliphatic carbocycles. The average molecular weight is 233 g/mol. The molecule has 2 fully saturated rings. The van der Waals surface area contributed by atoms with Gasteiger partial charge in [0.15, 0.2) is 9.84 Å². The summed E-state index contributed by atoms with van der Waals surface area (Å²) in [5, 5.41) is 9.94. The SMILES string of the molecule is CC1(O)CCCN(C2CCS(=O)(=O)C2)C1. The van der Waals surface area contributed by atoms with Crippen LogP contribution in [-0.4, -0.2) is 54.7 Å². The molecule has 2 aliphatic rings. The Bertz CT molecular complexity index is 337. The lowest BCUT2D eigenvalue weighted by Crippen LogP contribution is -2.50. The van der Waals surface area contributed by atoms with Crippen LogP contribution >= 0.6 is 0 Å². The molecule has 1 N–H and O–H groups in total. The Morgan fingerprint density at radius 3 is 2.73 bits per heavy atom. The zero-order valence-corrected chi connectivity index (χ0v) is 9.96. The molecule has 0 radical (unpaired) electrons. The predicted octanol–water partition coefficient (Wildman–Crippen LogP) is 0.0203. The lowest BCUT2D eigenvalue weighted by atomic mass is 9.94. The second-order valence-electron chi connectivity index (χ2n) is 5.13. The monoisotopic (exact) mass is 233 g/mol. The second kappa shape index (κ2) is 3.71. The Morgan fingerprint density at radius 2 is 2.20 bits per heavy atom. The molecular formula is C10H19NO3S. The number of rotatable bonds is 1. The summed E-state index contributed by atoms with van der Waals surface area (Å²) < 4.78 is 22.7. The molecule has 0 aromatic heterocycles. The summed E-state index contributed by atoms with van der Waals surface area (Å²) in [4.78, 5) is 2.15. The zero-order valence-electron chi connectivity index (χ0n) is 9.15. The van der Waals surface area contributed by atoms with E-state index in [-0.39, 0.29) is 11.8 Å². The fourth-order valence-electron chi connectivity index (χ4n) is 2.63. The van der Waals surface area contributed by atoms with Crippen LogP contribution in [0.4, 0.5) is 0 Å². The fraction of sp³-hybridized carbons (Fsp3) is 1.00. The third kappa shape index (κ3) is 2.71. The molecule has 5 heteroatoms. The molecule has 0 aromatic carbocycles. The Hall–Kier alpha value is -0.130. The van der Waals surface area contributed by atoms with Gasteiger partial charge in [-0.15, -0.1) is 0 Å². The van der Waals surface area contributed by atoms with Crippen LogP contribution in [0.25, 0.3) is 0 Å². The smallest absolute Gasteiger partial charge is 0.151 e. The fourth-order valence-corrected chi connectivity index (χ4v) is 4.40. The zero-order chi connectivity index (χ0) is 11.1. The van der Waals surface area contributed by atoms with Gasteiger partial charge >= 0.3 is 0 Å². The number of nitrogens with zero attached hydrogens (tertiary/aromatic N) is 1. The summed E-state index contributed by atoms with van der Waals surface area (Å²) in [6.45, 7) is 3.38. The van der Waals surface area contributed by atoms with E-state index in [1.54, 1.807) is 0 Å². The molecule has 0 saturated carbocycles. The highest BCUT2D eigenvalue weighted by Crippen LogP contribution is 2.26. The summed E-state index contributed by atoms with van der Waals surface area (Å²) in [7, 11) is -2.81. The first-order chi connectivity index (χ1) is 6.88. The summed E-state index contributed by atoms with van der Waals surface area (Å²) >= 11 is 0. The van der Waals surface area contributed by atoms with E-state index in [1.165, 1.54) is 0 Å². The minimum Gasteiger partial charge on any atom is -0.389 e. The summed E-state index contributed by atoms with van der Waals surface area (Å²) in [6, 6.07) is 0.141. The first kappa shape index (κ1) is 11.4. The average Bonchev–Trinajstić information content (AvgIpc) is 2.44. The molecule has 0 aromatic rings. The van der Waals surface area contributed by atoms with Gasteiger partial charge < -0.3 is 5.11 Å². The van der Waals surface area contributed by atoms with Crippen molar-refractivity contribution >= 4 is 9.84 Å². The van der Waals surface area contributed by atoms with Crippen LogP contribution in [0.15, 0.2) is 0 Å². The molecule has 0 amide bonds. The van der Waals surface area contributed by atoms with E-state index in [1.807, 2.05) is 6.92 Å². The maximum absolute atomic E-state index is 11.4. The van der Waals surface area contributed by atoms with Crippen LogP contribution in [-0.2, 0) is 9.84 Å². The summed E-state index contributed by atoms with van der Waals surface area (Å²) in [6.07, 6.45) is 2.52. The van der Waals surface area contributed by atoms with Gasteiger partial charge in [0.1, 0.15) is 0 Å². The van der Waals surface area contributed by atoms with Crippen molar-refractivity contribution in [3.63, 3.8) is 0 Å². The Kier molecular flexibility index (Phi) is 2.81. The van der Waals surface area contributed by atoms with Crippen LogP contribution in [0, 0.1) is 0 Å². The Morgan fingerprint density at radius 1 is 1.47 bits per heavy atom. The molecule has 88 valence electrons. The van der Waals surface area contributed by atoms with Crippen molar-refractivity contribution in [2.24, 2.45) is 0 Å². The van der Waals surface area contributed by atoms with Crippen molar-refractivity contribution in [2.75, 3.05) is 24.6 Å². The maximum Gasteiger partial charge on any atom is 0.151 e. The number of hydrogen-bond acceptors (Lipinski definition) is 4. The number of sulfone groups is 1. The van der Waals surface area contributed by atoms with Gasteiger partial charge in [-0.1, -0.05) is 0 Å². The Labute approximate surface area is 91.2 Å². The Balaban J connectivity index is 2.00. The van der Waals surface area contributed by atoms with E-state index in [2.05, 4.69) is 4.90 Å². The van der Waals surface area contributed by atoms with Crippen molar-refractivity contribution in [3.05, 3.63) is 0 Å². The van der Waals surface area contributed by atoms with Crippen molar-refractivity contribution in [1.82, 2.24) is 4.90 Å². The largest absolute Gasteiger partial charge is 0.389 e. The van der Waals surface area contributed by atoms with Crippen molar-refractivity contribution in [2.45, 2.75) is 37.8 Å². The highest BCUT2D eigenvalue weighted by atomic mass is 32.2. The molecular weight excluding hydrogens is 214 g/mol. The first-order valence-electron chi connectivity index (χ1n) is 5.55. The third-order valence-corrected chi connectivity index (χ3v) is 5.18. The number of hydrogen-bond donors (Lipinski definition) is 1. The molecule has 2 heterocycles. The van der Waals surface area contributed by atoms with Gasteiger partial charge in [0.25, 0.3) is 0 Å². The number of β-amino-alcohol motifs (C(OH)–C–C–N with tert-alkyl or cyclic N) is 1. The molecule has 2 aliphatic heterocycles. The first-order valence-corrected chi connectivity index (χ1v) is 7.37. The maximum atomic E-state index is 11.4. The second-order valence-corrected chi connectivity index (χ2v) is 7.36. The molecule has 4 nitrogen and oxygen atoms in total. The van der Waals surface area contributed by atoms with Crippen molar-refractivity contribution < 1.29 is 13.5 Å². The normalized spacial score (nSPS) is 41.9. The van der Waals surface area contributed by atoms with Gasteiger partial charge in [-0.25, -0.2) is 8.42 Å². The lowest BCUT2D eigenvalue weighted by molar-refractivity contribution is -0.0265. The minimum atomic E-state index is -2.81. The van der Waals surface area contributed by atoms with Crippen LogP contribution in [0.1, 0.15) is 26.2 Å². The van der Waals surface area contributed by atoms with Crippen molar-refractivity contribution in [3.8, 4) is 0 Å². The van der Waals surface area contributed by atoms with Crippen LogP contribution in [0.5, 0.6) is 0 Å². The minimum absolute atomic E-state index is 0.141. The quantitative estimate of drug-likeness (QED) is 0.694. The van der Waals surface area contributed by atoms with Crippen molar-refractivity contribution in [1.29, 1.82) is 0 Å². The summed E-state index contributed by atoms with van der Waals surface area (Å²) in [5.41, 5.74) is -0.634. The predicted molar refractivity (Wildman–Crippen MR) is 58.5 cm³/mol. The van der Waals surface area contributed by atoms with E-state index < -0.39 is 15.4 Å². The van der Waals surface area contributed by atoms with E-state index in [4.69, 9.17) is 0 Å². The van der Waals surface area contributed by atoms with E-state index in [9.17, 15) is 13.5 Å². The number of likely N-dealkylation sites (tertiary alicyclic amines) is 1. The molecule has 2 rings (SSSR count). The molecule has 0 bridgehead atoms. The molecule has 0 spiro atoms. The van der Waals surface area contributed by atoms with Gasteiger partial charge in [-0.2, -0.15) is 0 Å². The van der Waals surface area contributed by atoms with Gasteiger partial charge in [0.2, 0.25) is 0 Å². The number of piperidine rings is 1. The van der Waals surface area contributed by atoms with Crippen LogP contribution < -0.4 is 0 Å². The molecule has 2 atom stereocenters. The summed E-state index contributed by atoms with van der Waals surface area (Å²) in [5.74, 6) is 0.597. The molecule has 2 saturated heterocycles. The topological polar surface area (TPSA) is 57.6 Å². The highest BCUT2D eigenvalue weighted by Gasteiger charge is 2.37. The van der Waals surface area contributed by atoms with E-state index in [0.29, 0.717) is 12.3 Å². The van der Waals surface area contributed by atoms with Crippen LogP contribution in [0.3, 0.4) is 0 Å². The van der Waals surface area contributed by atoms with Crippen LogP contribution in [0.2, 0.25) is 0 Å². The van der Waals surface area contributed by atoms with Gasteiger partial charge in [-0.3, -0.25) is 4.90 Å². The van der Waals surface area contributed by atoms with E-state index in [0.717, 1.165) is 25.8 Å². The molecule has 15 heavy (non-hydrogen) atoms. The third-order valence-electron chi connectivity index (χ3n) is 3.43. The number of aliphatic hydroxyl groups is 1. The highest BCUT2D eigenvalue weighted by molar-refractivity contribution is 7.91. The van der Waals surface area contributed by atoms with Gasteiger partial charge in [-0.05, 0) is 32.7 Å². The van der Waals surface area contributed by atoms with Gasteiger partial charge in [0.05, 0.1) is 17.1 Å².